The maximum atomic E-state index is 13.2. The Morgan fingerprint density at radius 3 is 2.13 bits per heavy atom. The summed E-state index contributed by atoms with van der Waals surface area (Å²) in [5.74, 6) is -4.14. The van der Waals surface area contributed by atoms with Crippen LogP contribution in [0.1, 0.15) is 32.6 Å². The molecule has 0 spiro atoms. The first-order valence-corrected chi connectivity index (χ1v) is 5.05. The monoisotopic (exact) mass is 224 g/mol. The number of alkyl halides is 2. The van der Waals surface area contributed by atoms with Crippen molar-refractivity contribution < 1.29 is 23.4 Å². The van der Waals surface area contributed by atoms with Crippen LogP contribution in [0.3, 0.4) is 0 Å². The summed E-state index contributed by atoms with van der Waals surface area (Å²) in [6.07, 6.45) is -0.767. The zero-order valence-electron chi connectivity index (χ0n) is 9.35. The van der Waals surface area contributed by atoms with E-state index in [4.69, 9.17) is 9.47 Å². The SMILES string of the molecule is CCC1(O)CC(F)(F)CCC1(OC)OC. The Labute approximate surface area is 88.4 Å². The van der Waals surface area contributed by atoms with Gasteiger partial charge >= 0.3 is 0 Å². The second-order valence-electron chi connectivity index (χ2n) is 4.08. The van der Waals surface area contributed by atoms with Gasteiger partial charge in [0.25, 0.3) is 5.92 Å². The highest BCUT2D eigenvalue weighted by atomic mass is 19.3. The van der Waals surface area contributed by atoms with Crippen LogP contribution in [-0.2, 0) is 9.47 Å². The van der Waals surface area contributed by atoms with Crippen LogP contribution in [0.2, 0.25) is 0 Å². The average molecular weight is 224 g/mol. The van der Waals surface area contributed by atoms with Crippen LogP contribution in [0, 0.1) is 0 Å². The molecule has 1 saturated carbocycles. The van der Waals surface area contributed by atoms with E-state index in [2.05, 4.69) is 0 Å². The van der Waals surface area contributed by atoms with Gasteiger partial charge in [-0.3, -0.25) is 0 Å². The highest BCUT2D eigenvalue weighted by Crippen LogP contribution is 2.48. The summed E-state index contributed by atoms with van der Waals surface area (Å²) in [6, 6.07) is 0. The summed E-state index contributed by atoms with van der Waals surface area (Å²) < 4.78 is 36.7. The molecule has 5 heteroatoms. The quantitative estimate of drug-likeness (QED) is 0.744. The van der Waals surface area contributed by atoms with Gasteiger partial charge in [-0.25, -0.2) is 8.78 Å². The molecule has 90 valence electrons. The lowest BCUT2D eigenvalue weighted by Crippen LogP contribution is -2.62. The molecule has 1 atom stereocenters. The molecule has 0 aromatic rings. The van der Waals surface area contributed by atoms with E-state index < -0.39 is 23.7 Å². The zero-order chi connectivity index (χ0) is 11.7. The van der Waals surface area contributed by atoms with Crippen LogP contribution in [0.5, 0.6) is 0 Å². The van der Waals surface area contributed by atoms with Gasteiger partial charge in [0.2, 0.25) is 0 Å². The molecule has 15 heavy (non-hydrogen) atoms. The summed E-state index contributed by atoms with van der Waals surface area (Å²) in [7, 11) is 2.74. The number of methoxy groups -OCH3 is 2. The highest BCUT2D eigenvalue weighted by molar-refractivity contribution is 5.02. The lowest BCUT2D eigenvalue weighted by molar-refractivity contribution is -0.339. The van der Waals surface area contributed by atoms with Gasteiger partial charge in [0, 0.05) is 33.5 Å². The van der Waals surface area contributed by atoms with Crippen LogP contribution in [-0.4, -0.2) is 36.6 Å². The van der Waals surface area contributed by atoms with Gasteiger partial charge in [-0.15, -0.1) is 0 Å². The van der Waals surface area contributed by atoms with E-state index in [1.807, 2.05) is 0 Å². The van der Waals surface area contributed by atoms with E-state index >= 15 is 0 Å². The first-order valence-electron chi connectivity index (χ1n) is 5.05. The van der Waals surface area contributed by atoms with Crippen molar-refractivity contribution in [3.8, 4) is 0 Å². The minimum atomic E-state index is -2.84. The Morgan fingerprint density at radius 1 is 1.20 bits per heavy atom. The van der Waals surface area contributed by atoms with Crippen molar-refractivity contribution >= 4 is 0 Å². The second kappa shape index (κ2) is 3.96. The molecule has 3 nitrogen and oxygen atoms in total. The number of aliphatic hydroxyl groups is 1. The maximum absolute atomic E-state index is 13.2. The van der Waals surface area contributed by atoms with E-state index in [9.17, 15) is 13.9 Å². The summed E-state index contributed by atoms with van der Waals surface area (Å²) >= 11 is 0. The first-order chi connectivity index (χ1) is 6.85. The molecule has 1 N–H and O–H groups in total. The average Bonchev–Trinajstić information content (AvgIpc) is 2.18. The van der Waals surface area contributed by atoms with Gasteiger partial charge in [-0.2, -0.15) is 0 Å². The van der Waals surface area contributed by atoms with Gasteiger partial charge in [0.05, 0.1) is 0 Å². The molecule has 1 unspecified atom stereocenters. The maximum Gasteiger partial charge on any atom is 0.251 e. The van der Waals surface area contributed by atoms with Gasteiger partial charge in [0.1, 0.15) is 5.60 Å². The topological polar surface area (TPSA) is 38.7 Å². The summed E-state index contributed by atoms with van der Waals surface area (Å²) in [4.78, 5) is 0. The predicted octanol–water partition coefficient (Wildman–Crippen LogP) is 1.94. The Kier molecular flexibility index (Phi) is 3.38. The zero-order valence-corrected chi connectivity index (χ0v) is 9.35. The normalized spacial score (nSPS) is 34.0. The van der Waals surface area contributed by atoms with Gasteiger partial charge < -0.3 is 14.6 Å². The number of ether oxygens (including phenoxy) is 2. The van der Waals surface area contributed by atoms with Gasteiger partial charge in [0.15, 0.2) is 5.79 Å². The lowest BCUT2D eigenvalue weighted by Gasteiger charge is -2.49. The largest absolute Gasteiger partial charge is 0.384 e. The fraction of sp³-hybridized carbons (Fsp3) is 1.00. The number of hydrogen-bond acceptors (Lipinski definition) is 3. The molecular weight excluding hydrogens is 206 g/mol. The van der Waals surface area contributed by atoms with E-state index in [-0.39, 0.29) is 19.3 Å². The van der Waals surface area contributed by atoms with Crippen molar-refractivity contribution in [2.45, 2.75) is 49.9 Å². The smallest absolute Gasteiger partial charge is 0.251 e. The molecule has 1 fully saturated rings. The first kappa shape index (κ1) is 12.8. The van der Waals surface area contributed by atoms with Crippen molar-refractivity contribution in [3.63, 3.8) is 0 Å². The van der Waals surface area contributed by atoms with Crippen molar-refractivity contribution in [2.24, 2.45) is 0 Å². The summed E-state index contributed by atoms with van der Waals surface area (Å²) in [5.41, 5.74) is -1.63. The fourth-order valence-corrected chi connectivity index (χ4v) is 2.29. The Hall–Kier alpha value is -0.260. The molecule has 0 amide bonds. The van der Waals surface area contributed by atoms with Gasteiger partial charge in [-0.05, 0) is 6.42 Å². The molecule has 1 aliphatic rings. The molecule has 1 rings (SSSR count). The molecule has 1 aliphatic carbocycles. The number of halogens is 2. The van der Waals surface area contributed by atoms with Crippen LogP contribution >= 0.6 is 0 Å². The molecule has 0 aliphatic heterocycles. The molecule has 0 aromatic carbocycles. The number of hydrogen-bond donors (Lipinski definition) is 1. The predicted molar refractivity (Wildman–Crippen MR) is 50.8 cm³/mol. The van der Waals surface area contributed by atoms with E-state index in [1.54, 1.807) is 6.92 Å². The standard InChI is InChI=1S/C10H18F2O3/c1-4-8(13)7-9(11,12)5-6-10(8,14-2)15-3/h13H,4-7H2,1-3H3. The molecule has 0 heterocycles. The molecule has 0 radical (unpaired) electrons. The van der Waals surface area contributed by atoms with Crippen molar-refractivity contribution in [2.75, 3.05) is 14.2 Å². The fourth-order valence-electron chi connectivity index (χ4n) is 2.29. The van der Waals surface area contributed by atoms with Crippen LogP contribution in [0.4, 0.5) is 8.78 Å². The van der Waals surface area contributed by atoms with Crippen LogP contribution in [0.15, 0.2) is 0 Å². The highest BCUT2D eigenvalue weighted by Gasteiger charge is 2.59. The molecule has 0 aromatic heterocycles. The Bertz CT molecular complexity index is 229. The van der Waals surface area contributed by atoms with E-state index in [0.29, 0.717) is 0 Å². The van der Waals surface area contributed by atoms with Crippen LogP contribution < -0.4 is 0 Å². The summed E-state index contributed by atoms with van der Waals surface area (Å²) in [6.45, 7) is 1.65. The Morgan fingerprint density at radius 2 is 1.73 bits per heavy atom. The lowest BCUT2D eigenvalue weighted by atomic mass is 9.75. The van der Waals surface area contributed by atoms with Crippen LogP contribution in [0.25, 0.3) is 0 Å². The van der Waals surface area contributed by atoms with Crippen molar-refractivity contribution in [1.82, 2.24) is 0 Å². The Balaban J connectivity index is 3.00. The molecular formula is C10H18F2O3. The van der Waals surface area contributed by atoms with Crippen molar-refractivity contribution in [1.29, 1.82) is 0 Å². The van der Waals surface area contributed by atoms with Crippen molar-refractivity contribution in [3.05, 3.63) is 0 Å². The number of rotatable bonds is 3. The van der Waals surface area contributed by atoms with E-state index in [1.165, 1.54) is 14.2 Å². The molecule has 0 saturated heterocycles. The minimum Gasteiger partial charge on any atom is -0.384 e. The second-order valence-corrected chi connectivity index (χ2v) is 4.08. The third-order valence-corrected chi connectivity index (χ3v) is 3.32. The van der Waals surface area contributed by atoms with Gasteiger partial charge in [-0.1, -0.05) is 6.92 Å². The molecule has 0 bridgehead atoms. The third-order valence-electron chi connectivity index (χ3n) is 3.32. The summed E-state index contributed by atoms with van der Waals surface area (Å²) in [5, 5.41) is 10.2. The van der Waals surface area contributed by atoms with E-state index in [0.717, 1.165) is 0 Å². The minimum absolute atomic E-state index is 0.00264. The third kappa shape index (κ3) is 2.00.